The Morgan fingerprint density at radius 2 is 1.65 bits per heavy atom. The Labute approximate surface area is 202 Å². The zero-order valence-electron chi connectivity index (χ0n) is 18.8. The second-order valence-corrected chi connectivity index (χ2v) is 10.1. The van der Waals surface area contributed by atoms with E-state index in [-0.39, 0.29) is 24.5 Å². The molecule has 5 rings (SSSR count). The molecule has 2 aromatic rings. The predicted octanol–water partition coefficient (Wildman–Crippen LogP) is 4.07. The predicted molar refractivity (Wildman–Crippen MR) is 130 cm³/mol. The molecule has 3 aliphatic rings. The van der Waals surface area contributed by atoms with Gasteiger partial charge in [-0.15, -0.1) is 11.8 Å². The highest BCUT2D eigenvalue weighted by Crippen LogP contribution is 2.44. The van der Waals surface area contributed by atoms with Gasteiger partial charge in [-0.05, 0) is 35.1 Å². The molecular formula is C26H28N2O5S. The lowest BCUT2D eigenvalue weighted by molar-refractivity contribution is -0.150. The molecule has 2 N–H and O–H groups in total. The average molecular weight is 481 g/mol. The van der Waals surface area contributed by atoms with Gasteiger partial charge in [-0.3, -0.25) is 4.79 Å². The maximum atomic E-state index is 13.2. The van der Waals surface area contributed by atoms with Crippen molar-refractivity contribution in [3.63, 3.8) is 0 Å². The lowest BCUT2D eigenvalue weighted by atomic mass is 9.83. The van der Waals surface area contributed by atoms with Gasteiger partial charge in [-0.2, -0.15) is 0 Å². The van der Waals surface area contributed by atoms with E-state index < -0.39 is 24.0 Å². The van der Waals surface area contributed by atoms with Crippen molar-refractivity contribution >= 4 is 29.7 Å². The molecule has 0 spiro atoms. The summed E-state index contributed by atoms with van der Waals surface area (Å²) in [5, 5.41) is 12.4. The number of ether oxygens (including phenoxy) is 1. The van der Waals surface area contributed by atoms with E-state index >= 15 is 0 Å². The van der Waals surface area contributed by atoms with Gasteiger partial charge < -0.3 is 20.1 Å². The van der Waals surface area contributed by atoms with Gasteiger partial charge in [0.15, 0.2) is 0 Å². The van der Waals surface area contributed by atoms with Crippen molar-refractivity contribution in [2.45, 2.75) is 43.7 Å². The molecule has 2 fully saturated rings. The van der Waals surface area contributed by atoms with Crippen LogP contribution in [-0.2, 0) is 14.3 Å². The molecule has 34 heavy (non-hydrogen) atoms. The molecule has 2 aromatic carbocycles. The molecule has 2 aliphatic carbocycles. The van der Waals surface area contributed by atoms with Crippen LogP contribution in [0.15, 0.2) is 48.5 Å². The van der Waals surface area contributed by atoms with Crippen LogP contribution in [0.3, 0.4) is 0 Å². The Bertz CT molecular complexity index is 1060. The Kier molecular flexibility index (Phi) is 6.50. The van der Waals surface area contributed by atoms with E-state index in [1.807, 2.05) is 24.3 Å². The van der Waals surface area contributed by atoms with Crippen molar-refractivity contribution in [1.82, 2.24) is 10.2 Å². The first-order valence-electron chi connectivity index (χ1n) is 11.8. The second kappa shape index (κ2) is 9.70. The number of carboxylic acid groups (broad SMARTS) is 1. The minimum absolute atomic E-state index is 0.0279. The Morgan fingerprint density at radius 1 is 1.00 bits per heavy atom. The van der Waals surface area contributed by atoms with Crippen LogP contribution in [0, 0.1) is 5.92 Å². The van der Waals surface area contributed by atoms with Crippen LogP contribution in [0.25, 0.3) is 11.1 Å². The molecule has 1 heterocycles. The van der Waals surface area contributed by atoms with Gasteiger partial charge in [-0.25, -0.2) is 9.59 Å². The Hall–Kier alpha value is -3.00. The smallest absolute Gasteiger partial charge is 0.407 e. The number of benzene rings is 2. The van der Waals surface area contributed by atoms with E-state index in [4.69, 9.17) is 4.74 Å². The highest BCUT2D eigenvalue weighted by molar-refractivity contribution is 7.99. The minimum atomic E-state index is -0.977. The van der Waals surface area contributed by atoms with Crippen LogP contribution in [0.5, 0.6) is 0 Å². The number of amides is 2. The lowest BCUT2D eigenvalue weighted by Crippen LogP contribution is -2.52. The van der Waals surface area contributed by atoms with Crippen LogP contribution >= 0.6 is 11.8 Å². The van der Waals surface area contributed by atoms with Crippen LogP contribution in [-0.4, -0.2) is 58.3 Å². The van der Waals surface area contributed by atoms with Crippen LogP contribution in [0.1, 0.15) is 42.7 Å². The van der Waals surface area contributed by atoms with E-state index in [1.165, 1.54) is 27.8 Å². The summed E-state index contributed by atoms with van der Waals surface area (Å²) in [6.07, 6.45) is 2.59. The van der Waals surface area contributed by atoms with E-state index in [1.54, 1.807) is 0 Å². The summed E-state index contributed by atoms with van der Waals surface area (Å²) in [6, 6.07) is 15.2. The molecule has 1 aliphatic heterocycles. The molecule has 8 heteroatoms. The Morgan fingerprint density at radius 3 is 2.32 bits per heavy atom. The summed E-state index contributed by atoms with van der Waals surface area (Å²) < 4.78 is 5.68. The summed E-state index contributed by atoms with van der Waals surface area (Å²) in [5.74, 6) is -0.826. The molecule has 7 nitrogen and oxygen atoms in total. The monoisotopic (exact) mass is 480 g/mol. The first-order chi connectivity index (χ1) is 16.5. The zero-order valence-corrected chi connectivity index (χ0v) is 19.6. The van der Waals surface area contributed by atoms with E-state index in [9.17, 15) is 19.5 Å². The number of aliphatic carboxylic acids is 1. The first kappa shape index (κ1) is 22.8. The van der Waals surface area contributed by atoms with Gasteiger partial charge in [0, 0.05) is 17.7 Å². The number of thioether (sulfide) groups is 1. The lowest BCUT2D eigenvalue weighted by Gasteiger charge is -2.34. The molecule has 0 radical (unpaired) electrons. The fraction of sp³-hybridized carbons (Fsp3) is 0.423. The average Bonchev–Trinajstić information content (AvgIpc) is 3.46. The van der Waals surface area contributed by atoms with Gasteiger partial charge in [0.05, 0.1) is 11.8 Å². The topological polar surface area (TPSA) is 95.9 Å². The number of fused-ring (bicyclic) bond motifs is 3. The molecular weight excluding hydrogens is 452 g/mol. The van der Waals surface area contributed by atoms with Gasteiger partial charge in [0.1, 0.15) is 12.6 Å². The fourth-order valence-corrected chi connectivity index (χ4v) is 6.62. The third kappa shape index (κ3) is 4.27. The highest BCUT2D eigenvalue weighted by atomic mass is 32.2. The van der Waals surface area contributed by atoms with Crippen molar-refractivity contribution in [2.75, 3.05) is 18.2 Å². The number of carbonyl (C=O) groups excluding carboxylic acids is 2. The van der Waals surface area contributed by atoms with Crippen molar-refractivity contribution in [3.05, 3.63) is 59.7 Å². The zero-order chi connectivity index (χ0) is 23.7. The van der Waals surface area contributed by atoms with E-state index in [0.717, 1.165) is 24.0 Å². The fourth-order valence-electron chi connectivity index (χ4n) is 5.47. The van der Waals surface area contributed by atoms with E-state index in [0.29, 0.717) is 24.5 Å². The van der Waals surface area contributed by atoms with Gasteiger partial charge >= 0.3 is 12.1 Å². The van der Waals surface area contributed by atoms with Gasteiger partial charge in [0.2, 0.25) is 5.91 Å². The van der Waals surface area contributed by atoms with Gasteiger partial charge in [-0.1, -0.05) is 61.4 Å². The summed E-state index contributed by atoms with van der Waals surface area (Å²) in [6.45, 7) is 0.217. The van der Waals surface area contributed by atoms with Crippen LogP contribution in [0.2, 0.25) is 0 Å². The number of nitrogens with zero attached hydrogens (tertiary/aromatic N) is 1. The SMILES string of the molecule is O=C(N[C@@H]1CCCC[C@@H]1C(=O)N1CSCC1C(=O)O)OCC1c2ccccc2-c2ccccc21. The number of nitrogens with one attached hydrogen (secondary N) is 1. The quantitative estimate of drug-likeness (QED) is 0.670. The highest BCUT2D eigenvalue weighted by Gasteiger charge is 2.41. The minimum Gasteiger partial charge on any atom is -0.480 e. The third-order valence-electron chi connectivity index (χ3n) is 7.18. The molecule has 1 saturated heterocycles. The number of carbonyl (C=O) groups is 3. The normalized spacial score (nSPS) is 23.8. The van der Waals surface area contributed by atoms with Gasteiger partial charge in [0.25, 0.3) is 0 Å². The molecule has 3 atom stereocenters. The van der Waals surface area contributed by atoms with Crippen molar-refractivity contribution in [1.29, 1.82) is 0 Å². The number of alkyl carbamates (subject to hydrolysis) is 1. The van der Waals surface area contributed by atoms with Crippen molar-refractivity contribution < 1.29 is 24.2 Å². The van der Waals surface area contributed by atoms with E-state index in [2.05, 4.69) is 29.6 Å². The molecule has 0 aromatic heterocycles. The summed E-state index contributed by atoms with van der Waals surface area (Å²) in [7, 11) is 0. The van der Waals surface area contributed by atoms with Crippen LogP contribution < -0.4 is 5.32 Å². The van der Waals surface area contributed by atoms with Crippen molar-refractivity contribution in [3.8, 4) is 11.1 Å². The number of carboxylic acids is 1. The maximum Gasteiger partial charge on any atom is 0.407 e. The van der Waals surface area contributed by atoms with Crippen LogP contribution in [0.4, 0.5) is 4.79 Å². The second-order valence-electron chi connectivity index (χ2n) is 9.13. The molecule has 0 bridgehead atoms. The summed E-state index contributed by atoms with van der Waals surface area (Å²) in [4.78, 5) is 39.0. The first-order valence-corrected chi connectivity index (χ1v) is 12.9. The largest absolute Gasteiger partial charge is 0.480 e. The van der Waals surface area contributed by atoms with Crippen molar-refractivity contribution in [2.24, 2.45) is 5.92 Å². The molecule has 178 valence electrons. The Balaban J connectivity index is 1.24. The standard InChI is InChI=1S/C26H28N2O5S/c29-24(28-15-34-14-23(28)25(30)31)20-11-5-6-12-22(20)27-26(32)33-13-21-18-9-3-1-7-16(18)17-8-2-4-10-19(17)21/h1-4,7-10,20-23H,5-6,11-15H2,(H,27,32)(H,30,31)/t20-,22+,23?/m0/s1. The number of hydrogen-bond donors (Lipinski definition) is 2. The number of hydrogen-bond acceptors (Lipinski definition) is 5. The molecule has 1 unspecified atom stereocenters. The number of rotatable bonds is 5. The molecule has 1 saturated carbocycles. The summed E-state index contributed by atoms with van der Waals surface area (Å²) in [5.41, 5.74) is 4.63. The summed E-state index contributed by atoms with van der Waals surface area (Å²) >= 11 is 1.45. The maximum absolute atomic E-state index is 13.2. The third-order valence-corrected chi connectivity index (χ3v) is 8.19. The molecule has 2 amide bonds.